The molecule has 1 fully saturated rings. The van der Waals surface area contributed by atoms with E-state index in [2.05, 4.69) is 17.2 Å². The average Bonchev–Trinajstić information content (AvgIpc) is 3.22. The zero-order valence-corrected chi connectivity index (χ0v) is 23.2. The molecule has 1 aromatic rings. The number of hydrogen-bond acceptors (Lipinski definition) is 11. The van der Waals surface area contributed by atoms with E-state index in [4.69, 9.17) is 28.4 Å². The molecule has 2 aliphatic heterocycles. The number of fused-ring (bicyclic) bond motifs is 1. The van der Waals surface area contributed by atoms with E-state index < -0.39 is 29.7 Å². The fourth-order valence-corrected chi connectivity index (χ4v) is 4.19. The lowest BCUT2D eigenvalue weighted by Crippen LogP contribution is -2.54. The minimum atomic E-state index is -1.00. The number of ether oxygens (including phenoxy) is 6. The van der Waals surface area contributed by atoms with Crippen LogP contribution in [0.4, 0.5) is 5.69 Å². The highest BCUT2D eigenvalue weighted by atomic mass is 16.6. The molecular formula is C28H39N3O10. The molecule has 13 heteroatoms. The van der Waals surface area contributed by atoms with Gasteiger partial charge in [-0.25, -0.2) is 0 Å². The standard InChI is InChI=1S/C28H39N3O10/c1-2-9-36-11-13-38-15-17-40-19-20-41-18-16-39-14-12-37-10-8-29-22-5-3-4-21-25(22)28(35)31(27(21)34)23-6-7-24(32)30-26(23)33/h2-5,23,29H,1,6-20H2,(H,30,32,33). The van der Waals surface area contributed by atoms with Crippen molar-refractivity contribution in [2.75, 3.05) is 91.1 Å². The van der Waals surface area contributed by atoms with E-state index in [0.717, 1.165) is 4.90 Å². The van der Waals surface area contributed by atoms with Crippen molar-refractivity contribution in [3.63, 3.8) is 0 Å². The first-order chi connectivity index (χ1) is 20.0. The van der Waals surface area contributed by atoms with Gasteiger partial charge in [-0.05, 0) is 18.6 Å². The van der Waals surface area contributed by atoms with Crippen LogP contribution in [0.1, 0.15) is 33.6 Å². The Morgan fingerprint density at radius 2 is 1.37 bits per heavy atom. The molecule has 0 radical (unpaired) electrons. The number of nitrogens with one attached hydrogen (secondary N) is 2. The first-order valence-corrected chi connectivity index (χ1v) is 13.7. The van der Waals surface area contributed by atoms with Crippen LogP contribution in [0, 0.1) is 0 Å². The van der Waals surface area contributed by atoms with E-state index in [0.29, 0.717) is 91.5 Å². The predicted octanol–water partition coefficient (Wildman–Crippen LogP) is 0.785. The lowest BCUT2D eigenvalue weighted by atomic mass is 10.0. The van der Waals surface area contributed by atoms with Crippen LogP contribution >= 0.6 is 0 Å². The van der Waals surface area contributed by atoms with Crippen LogP contribution in [0.25, 0.3) is 0 Å². The Balaban J connectivity index is 1.20. The first-order valence-electron chi connectivity index (χ1n) is 13.7. The lowest BCUT2D eigenvalue weighted by molar-refractivity contribution is -0.136. The van der Waals surface area contributed by atoms with Crippen LogP contribution in [0.3, 0.4) is 0 Å². The van der Waals surface area contributed by atoms with E-state index in [1.807, 2.05) is 0 Å². The minimum absolute atomic E-state index is 0.0721. The summed E-state index contributed by atoms with van der Waals surface area (Å²) in [5, 5.41) is 5.32. The summed E-state index contributed by atoms with van der Waals surface area (Å²) in [6, 6.07) is 3.92. The summed E-state index contributed by atoms with van der Waals surface area (Å²) < 4.78 is 32.5. The second-order valence-corrected chi connectivity index (χ2v) is 9.03. The molecule has 0 saturated carbocycles. The molecule has 4 amide bonds. The van der Waals surface area contributed by atoms with Gasteiger partial charge in [-0.2, -0.15) is 0 Å². The summed E-state index contributed by atoms with van der Waals surface area (Å²) in [4.78, 5) is 50.6. The number of carbonyl (C=O) groups is 4. The first kappa shape index (κ1) is 32.3. The Bertz CT molecular complexity index is 1030. The number of carbonyl (C=O) groups excluding carboxylic acids is 4. The van der Waals surface area contributed by atoms with Gasteiger partial charge in [-0.15, -0.1) is 6.58 Å². The number of nitrogens with zero attached hydrogens (tertiary/aromatic N) is 1. The van der Waals surface area contributed by atoms with E-state index >= 15 is 0 Å². The molecule has 13 nitrogen and oxygen atoms in total. The number of anilines is 1. The molecule has 1 unspecified atom stereocenters. The third kappa shape index (κ3) is 10.3. The third-order valence-corrected chi connectivity index (χ3v) is 6.13. The molecule has 2 heterocycles. The van der Waals surface area contributed by atoms with Crippen molar-refractivity contribution in [1.29, 1.82) is 0 Å². The Hall–Kier alpha value is -3.20. The molecule has 2 N–H and O–H groups in total. The number of amides is 4. The van der Waals surface area contributed by atoms with Crippen LogP contribution < -0.4 is 10.6 Å². The van der Waals surface area contributed by atoms with Gasteiger partial charge in [0.2, 0.25) is 11.8 Å². The second-order valence-electron chi connectivity index (χ2n) is 9.03. The van der Waals surface area contributed by atoms with Crippen molar-refractivity contribution in [3.8, 4) is 0 Å². The molecule has 0 aliphatic carbocycles. The molecule has 3 rings (SSSR count). The Labute approximate surface area is 239 Å². The molecular weight excluding hydrogens is 538 g/mol. The fraction of sp³-hybridized carbons (Fsp3) is 0.571. The predicted molar refractivity (Wildman–Crippen MR) is 147 cm³/mol. The maximum atomic E-state index is 13.1. The third-order valence-electron chi connectivity index (χ3n) is 6.13. The molecule has 1 saturated heterocycles. The Kier molecular flexibility index (Phi) is 14.4. The van der Waals surface area contributed by atoms with E-state index in [1.54, 1.807) is 24.3 Å². The topological polar surface area (TPSA) is 151 Å². The summed E-state index contributed by atoms with van der Waals surface area (Å²) in [6.45, 7) is 9.52. The highest BCUT2D eigenvalue weighted by Gasteiger charge is 2.45. The average molecular weight is 578 g/mol. The molecule has 1 atom stereocenters. The number of benzene rings is 1. The van der Waals surface area contributed by atoms with Gasteiger partial charge in [0, 0.05) is 18.7 Å². The monoisotopic (exact) mass is 577 g/mol. The maximum Gasteiger partial charge on any atom is 0.264 e. The SMILES string of the molecule is C=CCOCCOCCOCCOCCOCCOCCNc1cccc2c1C(=O)N(C1CCC(=O)NC1=O)C2=O. The summed E-state index contributed by atoms with van der Waals surface area (Å²) in [7, 11) is 0. The molecule has 226 valence electrons. The van der Waals surface area contributed by atoms with Gasteiger partial charge in [0.25, 0.3) is 11.8 Å². The van der Waals surface area contributed by atoms with Gasteiger partial charge in [-0.1, -0.05) is 12.1 Å². The number of piperidine rings is 1. The van der Waals surface area contributed by atoms with Gasteiger partial charge >= 0.3 is 0 Å². The zero-order valence-electron chi connectivity index (χ0n) is 23.2. The van der Waals surface area contributed by atoms with Crippen LogP contribution in [-0.2, 0) is 38.0 Å². The lowest BCUT2D eigenvalue weighted by Gasteiger charge is -2.27. The minimum Gasteiger partial charge on any atom is -0.382 e. The summed E-state index contributed by atoms with van der Waals surface area (Å²) >= 11 is 0. The normalized spacial score (nSPS) is 16.7. The molecule has 0 aromatic heterocycles. The smallest absolute Gasteiger partial charge is 0.264 e. The van der Waals surface area contributed by atoms with Crippen LogP contribution in [-0.4, -0.2) is 120 Å². The summed E-state index contributed by atoms with van der Waals surface area (Å²) in [5.41, 5.74) is 0.926. The van der Waals surface area contributed by atoms with Gasteiger partial charge in [-0.3, -0.25) is 29.4 Å². The molecule has 41 heavy (non-hydrogen) atoms. The maximum absolute atomic E-state index is 13.1. The van der Waals surface area contributed by atoms with E-state index in [1.165, 1.54) is 0 Å². The van der Waals surface area contributed by atoms with Crippen molar-refractivity contribution in [2.24, 2.45) is 0 Å². The highest BCUT2D eigenvalue weighted by Crippen LogP contribution is 2.32. The van der Waals surface area contributed by atoms with Crippen molar-refractivity contribution in [3.05, 3.63) is 42.0 Å². The van der Waals surface area contributed by atoms with Gasteiger partial charge in [0.05, 0.1) is 90.4 Å². The fourth-order valence-electron chi connectivity index (χ4n) is 4.19. The Morgan fingerprint density at radius 1 is 0.805 bits per heavy atom. The largest absolute Gasteiger partial charge is 0.382 e. The quantitative estimate of drug-likeness (QED) is 0.114. The van der Waals surface area contributed by atoms with Crippen LogP contribution in [0.5, 0.6) is 0 Å². The summed E-state index contributed by atoms with van der Waals surface area (Å²) in [6.07, 6.45) is 1.88. The number of imide groups is 2. The highest BCUT2D eigenvalue weighted by molar-refractivity contribution is 6.25. The zero-order chi connectivity index (χ0) is 29.3. The van der Waals surface area contributed by atoms with Crippen LogP contribution in [0.2, 0.25) is 0 Å². The van der Waals surface area contributed by atoms with Gasteiger partial charge < -0.3 is 33.7 Å². The molecule has 0 spiro atoms. The van der Waals surface area contributed by atoms with Crippen molar-refractivity contribution in [2.45, 2.75) is 18.9 Å². The van der Waals surface area contributed by atoms with Crippen LogP contribution in [0.15, 0.2) is 30.9 Å². The summed E-state index contributed by atoms with van der Waals surface area (Å²) in [5.74, 6) is -2.15. The second kappa shape index (κ2) is 18.3. The molecule has 0 bridgehead atoms. The molecule has 2 aliphatic rings. The Morgan fingerprint density at radius 3 is 1.93 bits per heavy atom. The number of hydrogen-bond donors (Lipinski definition) is 2. The number of rotatable bonds is 22. The van der Waals surface area contributed by atoms with Crippen molar-refractivity contribution in [1.82, 2.24) is 10.2 Å². The van der Waals surface area contributed by atoms with Crippen molar-refractivity contribution < 1.29 is 47.6 Å². The van der Waals surface area contributed by atoms with Gasteiger partial charge in [0.1, 0.15) is 6.04 Å². The van der Waals surface area contributed by atoms with E-state index in [9.17, 15) is 19.2 Å². The van der Waals surface area contributed by atoms with Crippen molar-refractivity contribution >= 4 is 29.3 Å². The van der Waals surface area contributed by atoms with E-state index in [-0.39, 0.29) is 24.0 Å². The van der Waals surface area contributed by atoms with Gasteiger partial charge in [0.15, 0.2) is 0 Å². The molecule has 1 aromatic carbocycles.